The van der Waals surface area contributed by atoms with E-state index in [0.717, 1.165) is 36.9 Å². The van der Waals surface area contributed by atoms with Crippen LogP contribution in [0.2, 0.25) is 10.0 Å². The maximum absolute atomic E-state index is 13.2. The molecule has 4 rings (SSSR count). The Labute approximate surface area is 186 Å². The van der Waals surface area contributed by atoms with Crippen molar-refractivity contribution in [2.24, 2.45) is 5.92 Å². The van der Waals surface area contributed by atoms with Crippen molar-refractivity contribution in [1.82, 2.24) is 4.90 Å². The molecule has 0 saturated heterocycles. The summed E-state index contributed by atoms with van der Waals surface area (Å²) in [6.45, 7) is 2.67. The number of ketones is 1. The lowest BCUT2D eigenvalue weighted by Gasteiger charge is -2.35. The average molecular weight is 443 g/mol. The van der Waals surface area contributed by atoms with Crippen LogP contribution in [0.4, 0.5) is 5.69 Å². The van der Waals surface area contributed by atoms with Crippen LogP contribution in [-0.4, -0.2) is 22.6 Å². The van der Waals surface area contributed by atoms with Gasteiger partial charge in [0.1, 0.15) is 0 Å². The maximum atomic E-state index is 13.2. The number of nitrogens with one attached hydrogen (secondary N) is 1. The molecule has 0 bridgehead atoms. The molecule has 2 atom stereocenters. The Balaban J connectivity index is 1.59. The number of allylic oxidation sites excluding steroid dienone is 1. The molecule has 1 fully saturated rings. The first-order valence-electron chi connectivity index (χ1n) is 10.3. The Morgan fingerprint density at radius 2 is 1.77 bits per heavy atom. The van der Waals surface area contributed by atoms with Crippen LogP contribution in [-0.2, 0) is 16.1 Å². The van der Waals surface area contributed by atoms with E-state index in [1.807, 2.05) is 31.2 Å². The van der Waals surface area contributed by atoms with Gasteiger partial charge in [-0.1, -0.05) is 54.2 Å². The van der Waals surface area contributed by atoms with Crippen LogP contribution < -0.4 is 5.32 Å². The number of carbonyl (C=O) groups excluding carboxylic acids is 2. The number of rotatable bonds is 5. The van der Waals surface area contributed by atoms with Crippen molar-refractivity contribution in [3.8, 4) is 0 Å². The van der Waals surface area contributed by atoms with Crippen LogP contribution in [0.1, 0.15) is 38.2 Å². The van der Waals surface area contributed by atoms with E-state index in [9.17, 15) is 9.59 Å². The Hall–Kier alpha value is -2.30. The summed E-state index contributed by atoms with van der Waals surface area (Å²) in [5.41, 5.74) is 3.23. The zero-order valence-corrected chi connectivity index (χ0v) is 18.3. The average Bonchev–Trinajstić information content (AvgIpc) is 3.00. The van der Waals surface area contributed by atoms with E-state index >= 15 is 0 Å². The number of hydrogen-bond acceptors (Lipinski definition) is 3. The summed E-state index contributed by atoms with van der Waals surface area (Å²) in [5, 5.41) is 3.92. The molecule has 0 aromatic heterocycles. The number of fused-ring (bicyclic) bond motifs is 1. The zero-order valence-electron chi connectivity index (χ0n) is 16.8. The summed E-state index contributed by atoms with van der Waals surface area (Å²) in [4.78, 5) is 28.3. The van der Waals surface area contributed by atoms with Gasteiger partial charge >= 0.3 is 0 Å². The third-order valence-electron chi connectivity index (χ3n) is 6.12. The molecule has 1 amide bonds. The first-order valence-corrected chi connectivity index (χ1v) is 11.0. The number of anilines is 1. The van der Waals surface area contributed by atoms with Gasteiger partial charge in [0, 0.05) is 45.5 Å². The molecule has 156 valence electrons. The molecule has 1 saturated carbocycles. The van der Waals surface area contributed by atoms with Crippen molar-refractivity contribution in [3.63, 3.8) is 0 Å². The van der Waals surface area contributed by atoms with Crippen LogP contribution in [0, 0.1) is 5.92 Å². The fraction of sp³-hybridized carbons (Fsp3) is 0.333. The molecule has 1 aliphatic carbocycles. The minimum Gasteiger partial charge on any atom is -0.367 e. The van der Waals surface area contributed by atoms with E-state index in [1.165, 1.54) is 0 Å². The number of hydrogen-bond donors (Lipinski definition) is 1. The van der Waals surface area contributed by atoms with Gasteiger partial charge in [-0.3, -0.25) is 9.59 Å². The SMILES string of the molecule is CC1=C(C(=O)C(=O)Nc2cccc(Cl)c2)C2CCCCC2N1Cc1ccc(Cl)cc1. The molecule has 30 heavy (non-hydrogen) atoms. The summed E-state index contributed by atoms with van der Waals surface area (Å²) >= 11 is 12.0. The zero-order chi connectivity index (χ0) is 21.3. The molecule has 0 spiro atoms. The van der Waals surface area contributed by atoms with E-state index in [2.05, 4.69) is 10.2 Å². The van der Waals surface area contributed by atoms with Gasteiger partial charge < -0.3 is 10.2 Å². The third kappa shape index (κ3) is 4.26. The van der Waals surface area contributed by atoms with Crippen molar-refractivity contribution >= 4 is 40.6 Å². The summed E-state index contributed by atoms with van der Waals surface area (Å²) in [5.74, 6) is -0.948. The quantitative estimate of drug-likeness (QED) is 0.590. The second-order valence-corrected chi connectivity index (χ2v) is 8.88. The van der Waals surface area contributed by atoms with Gasteiger partial charge in [0.2, 0.25) is 5.78 Å². The number of halogens is 2. The fourth-order valence-corrected chi connectivity index (χ4v) is 5.04. The Kier molecular flexibility index (Phi) is 6.16. The lowest BCUT2D eigenvalue weighted by atomic mass is 9.80. The van der Waals surface area contributed by atoms with Gasteiger partial charge in [0.25, 0.3) is 5.91 Å². The summed E-state index contributed by atoms with van der Waals surface area (Å²) in [6.07, 6.45) is 4.19. The Morgan fingerprint density at radius 1 is 1.03 bits per heavy atom. The van der Waals surface area contributed by atoms with Gasteiger partial charge in [-0.25, -0.2) is 0 Å². The van der Waals surface area contributed by atoms with E-state index < -0.39 is 11.7 Å². The summed E-state index contributed by atoms with van der Waals surface area (Å²) in [6, 6.07) is 14.9. The van der Waals surface area contributed by atoms with Crippen molar-refractivity contribution in [2.45, 2.75) is 45.2 Å². The van der Waals surface area contributed by atoms with Crippen LogP contribution >= 0.6 is 23.2 Å². The molecule has 6 heteroatoms. The molecule has 2 aromatic carbocycles. The van der Waals surface area contributed by atoms with Crippen molar-refractivity contribution < 1.29 is 9.59 Å². The largest absolute Gasteiger partial charge is 0.367 e. The van der Waals surface area contributed by atoms with E-state index in [1.54, 1.807) is 24.3 Å². The van der Waals surface area contributed by atoms with Gasteiger partial charge in [-0.2, -0.15) is 0 Å². The highest BCUT2D eigenvalue weighted by Crippen LogP contribution is 2.43. The molecular formula is C24H24Cl2N2O2. The van der Waals surface area contributed by atoms with Crippen LogP contribution in [0.5, 0.6) is 0 Å². The molecule has 1 aliphatic heterocycles. The second kappa shape index (κ2) is 8.83. The Bertz CT molecular complexity index is 1000. The van der Waals surface area contributed by atoms with Crippen LogP contribution in [0.15, 0.2) is 59.8 Å². The highest BCUT2D eigenvalue weighted by atomic mass is 35.5. The fourth-order valence-electron chi connectivity index (χ4n) is 4.72. The van der Waals surface area contributed by atoms with Crippen molar-refractivity contribution in [3.05, 3.63) is 75.4 Å². The topological polar surface area (TPSA) is 49.4 Å². The van der Waals surface area contributed by atoms with E-state index in [-0.39, 0.29) is 12.0 Å². The number of amides is 1. The van der Waals surface area contributed by atoms with Gasteiger partial charge in [0.05, 0.1) is 0 Å². The minimum absolute atomic E-state index is 0.101. The predicted octanol–water partition coefficient (Wildman–Crippen LogP) is 5.85. The standard InChI is InChI=1S/C24H24Cl2N2O2/c1-15-22(23(29)24(30)27-19-6-4-5-18(26)13-19)20-7-2-3-8-21(20)28(15)14-16-9-11-17(25)12-10-16/h4-6,9-13,20-21H,2-3,7-8,14H2,1H3,(H,27,30). The van der Waals surface area contributed by atoms with Crippen LogP contribution in [0.3, 0.4) is 0 Å². The number of Topliss-reactive ketones (excluding diaryl/α,β-unsaturated/α-hetero) is 1. The van der Waals surface area contributed by atoms with Crippen LogP contribution in [0.25, 0.3) is 0 Å². The number of carbonyl (C=O) groups is 2. The van der Waals surface area contributed by atoms with Crippen molar-refractivity contribution in [1.29, 1.82) is 0 Å². The minimum atomic E-state index is -0.607. The van der Waals surface area contributed by atoms with Gasteiger partial charge in [-0.05, 0) is 55.7 Å². The smallest absolute Gasteiger partial charge is 0.296 e. The summed E-state index contributed by atoms with van der Waals surface area (Å²) in [7, 11) is 0. The molecule has 2 aromatic rings. The first kappa shape index (κ1) is 21.0. The monoisotopic (exact) mass is 442 g/mol. The van der Waals surface area contributed by atoms with Crippen molar-refractivity contribution in [2.75, 3.05) is 5.32 Å². The number of benzene rings is 2. The van der Waals surface area contributed by atoms with E-state index in [4.69, 9.17) is 23.2 Å². The highest BCUT2D eigenvalue weighted by molar-refractivity contribution is 6.46. The molecule has 2 aliphatic rings. The number of nitrogens with zero attached hydrogens (tertiary/aromatic N) is 1. The Morgan fingerprint density at radius 3 is 2.50 bits per heavy atom. The maximum Gasteiger partial charge on any atom is 0.296 e. The first-order chi connectivity index (χ1) is 14.4. The van der Waals surface area contributed by atoms with E-state index in [0.29, 0.717) is 27.9 Å². The molecule has 1 N–H and O–H groups in total. The lowest BCUT2D eigenvalue weighted by molar-refractivity contribution is -0.132. The molecule has 1 heterocycles. The summed E-state index contributed by atoms with van der Waals surface area (Å²) < 4.78 is 0. The lowest BCUT2D eigenvalue weighted by Crippen LogP contribution is -2.36. The third-order valence-corrected chi connectivity index (χ3v) is 6.61. The molecule has 0 radical (unpaired) electrons. The normalized spacial score (nSPS) is 20.8. The second-order valence-electron chi connectivity index (χ2n) is 8.01. The highest BCUT2D eigenvalue weighted by Gasteiger charge is 2.44. The van der Waals surface area contributed by atoms with Gasteiger partial charge in [0.15, 0.2) is 0 Å². The van der Waals surface area contributed by atoms with Gasteiger partial charge in [-0.15, -0.1) is 0 Å². The molecule has 2 unspecified atom stereocenters. The molecular weight excluding hydrogens is 419 g/mol. The molecule has 4 nitrogen and oxygen atoms in total. The predicted molar refractivity (Wildman–Crippen MR) is 121 cm³/mol.